The second-order valence-corrected chi connectivity index (χ2v) is 7.76. The molecule has 0 bridgehead atoms. The maximum absolute atomic E-state index is 14.2. The van der Waals surface area contributed by atoms with Crippen molar-refractivity contribution in [1.82, 2.24) is 25.1 Å². The topological polar surface area (TPSA) is 79.5 Å². The van der Waals surface area contributed by atoms with Crippen LogP contribution in [0.15, 0.2) is 79.3 Å². The van der Waals surface area contributed by atoms with Crippen LogP contribution in [-0.4, -0.2) is 32.3 Å². The molecule has 0 atom stereocenters. The lowest BCUT2D eigenvalue weighted by molar-refractivity contribution is 0.411. The number of aromatic amines is 2. The Kier molecular flexibility index (Phi) is 4.40. The molecule has 0 saturated heterocycles. The molecule has 0 aliphatic heterocycles. The third-order valence-corrected chi connectivity index (χ3v) is 5.74. The number of ether oxygens (including phenoxy) is 1. The molecule has 6 aromatic rings. The van der Waals surface area contributed by atoms with Crippen molar-refractivity contribution in [3.8, 4) is 39.5 Å². The summed E-state index contributed by atoms with van der Waals surface area (Å²) >= 11 is 0. The number of methoxy groups -OCH3 is 1. The molecular formula is C26H18FN5O. The van der Waals surface area contributed by atoms with Crippen molar-refractivity contribution in [2.75, 3.05) is 7.11 Å². The van der Waals surface area contributed by atoms with Crippen molar-refractivity contribution in [2.45, 2.75) is 0 Å². The predicted molar refractivity (Wildman–Crippen MR) is 126 cm³/mol. The van der Waals surface area contributed by atoms with E-state index in [0.29, 0.717) is 11.3 Å². The summed E-state index contributed by atoms with van der Waals surface area (Å²) < 4.78 is 19.4. The number of nitrogens with zero attached hydrogens (tertiary/aromatic N) is 3. The summed E-state index contributed by atoms with van der Waals surface area (Å²) in [5.74, 6) is 0.0931. The summed E-state index contributed by atoms with van der Waals surface area (Å²) in [6, 6.07) is 18.6. The second-order valence-electron chi connectivity index (χ2n) is 7.76. The van der Waals surface area contributed by atoms with Crippen LogP contribution in [0.2, 0.25) is 0 Å². The number of hydrogen-bond donors (Lipinski definition) is 2. The first-order valence-electron chi connectivity index (χ1n) is 10.4. The lowest BCUT2D eigenvalue weighted by atomic mass is 10.0. The lowest BCUT2D eigenvalue weighted by Crippen LogP contribution is -1.88. The summed E-state index contributed by atoms with van der Waals surface area (Å²) in [6.45, 7) is 0. The molecule has 4 heterocycles. The Morgan fingerprint density at radius 1 is 0.879 bits per heavy atom. The molecule has 0 aliphatic carbocycles. The van der Waals surface area contributed by atoms with E-state index in [0.717, 1.165) is 50.0 Å². The van der Waals surface area contributed by atoms with Gasteiger partial charge < -0.3 is 9.72 Å². The Hall–Kier alpha value is -4.52. The molecular weight excluding hydrogens is 417 g/mol. The Morgan fingerprint density at radius 2 is 1.82 bits per heavy atom. The maximum Gasteiger partial charge on any atom is 0.127 e. The predicted octanol–water partition coefficient (Wildman–Crippen LogP) is 5.98. The van der Waals surface area contributed by atoms with Crippen LogP contribution in [0.25, 0.3) is 55.6 Å². The molecule has 2 aromatic carbocycles. The Balaban J connectivity index is 1.50. The third kappa shape index (κ3) is 3.30. The molecule has 4 aromatic heterocycles. The molecule has 0 saturated carbocycles. The van der Waals surface area contributed by atoms with E-state index in [1.54, 1.807) is 24.7 Å². The van der Waals surface area contributed by atoms with E-state index >= 15 is 0 Å². The molecule has 0 aliphatic rings. The monoisotopic (exact) mass is 435 g/mol. The van der Waals surface area contributed by atoms with Gasteiger partial charge in [-0.15, -0.1) is 0 Å². The zero-order valence-corrected chi connectivity index (χ0v) is 17.6. The number of H-pyrrole nitrogens is 2. The molecule has 0 radical (unpaired) electrons. The minimum absolute atomic E-state index is 0.363. The highest BCUT2D eigenvalue weighted by Crippen LogP contribution is 2.35. The molecule has 0 fully saturated rings. The van der Waals surface area contributed by atoms with E-state index in [1.165, 1.54) is 19.2 Å². The number of fused-ring (bicyclic) bond motifs is 2. The SMILES string of the molecule is COc1cc(F)cc(-c2cncc3[nH]c(-c4n[nH]c5ccc(-c6ccccn6)cc45)cc23)c1. The molecule has 6 nitrogen and oxygen atoms in total. The highest BCUT2D eigenvalue weighted by molar-refractivity contribution is 6.01. The highest BCUT2D eigenvalue weighted by Gasteiger charge is 2.15. The fourth-order valence-electron chi connectivity index (χ4n) is 4.16. The fourth-order valence-corrected chi connectivity index (χ4v) is 4.16. The van der Waals surface area contributed by atoms with E-state index in [-0.39, 0.29) is 5.82 Å². The van der Waals surface area contributed by atoms with Gasteiger partial charge in [0, 0.05) is 40.4 Å². The summed E-state index contributed by atoms with van der Waals surface area (Å²) in [5.41, 5.74) is 6.81. The van der Waals surface area contributed by atoms with Gasteiger partial charge in [-0.3, -0.25) is 15.1 Å². The van der Waals surface area contributed by atoms with E-state index < -0.39 is 0 Å². The Bertz CT molecular complexity index is 1620. The van der Waals surface area contributed by atoms with Gasteiger partial charge in [0.2, 0.25) is 0 Å². The van der Waals surface area contributed by atoms with Crippen LogP contribution in [-0.2, 0) is 0 Å². The number of halogens is 1. The summed E-state index contributed by atoms with van der Waals surface area (Å²) in [7, 11) is 1.52. The van der Waals surface area contributed by atoms with Crippen LogP contribution in [0, 0.1) is 5.82 Å². The number of aromatic nitrogens is 5. The number of hydrogen-bond acceptors (Lipinski definition) is 4. The quantitative estimate of drug-likeness (QED) is 0.357. The molecule has 0 amide bonds. The van der Waals surface area contributed by atoms with Crippen molar-refractivity contribution in [3.05, 3.63) is 85.1 Å². The van der Waals surface area contributed by atoms with Gasteiger partial charge in [-0.25, -0.2) is 4.39 Å². The first kappa shape index (κ1) is 19.2. The van der Waals surface area contributed by atoms with Crippen molar-refractivity contribution >= 4 is 21.8 Å². The van der Waals surface area contributed by atoms with Crippen molar-refractivity contribution in [1.29, 1.82) is 0 Å². The maximum atomic E-state index is 14.2. The van der Waals surface area contributed by atoms with Crippen molar-refractivity contribution in [3.63, 3.8) is 0 Å². The summed E-state index contributed by atoms with van der Waals surface area (Å²) in [4.78, 5) is 12.2. The smallest absolute Gasteiger partial charge is 0.127 e. The van der Waals surface area contributed by atoms with Crippen LogP contribution in [0.4, 0.5) is 4.39 Å². The van der Waals surface area contributed by atoms with Gasteiger partial charge in [-0.2, -0.15) is 5.10 Å². The highest BCUT2D eigenvalue weighted by atomic mass is 19.1. The summed E-state index contributed by atoms with van der Waals surface area (Å²) in [6.07, 6.45) is 5.27. The van der Waals surface area contributed by atoms with Gasteiger partial charge in [0.25, 0.3) is 0 Å². The number of benzene rings is 2. The van der Waals surface area contributed by atoms with Crippen molar-refractivity contribution in [2.24, 2.45) is 0 Å². The fraction of sp³-hybridized carbons (Fsp3) is 0.0385. The van der Waals surface area contributed by atoms with Gasteiger partial charge in [0.1, 0.15) is 17.3 Å². The van der Waals surface area contributed by atoms with Crippen LogP contribution in [0.5, 0.6) is 5.75 Å². The zero-order valence-electron chi connectivity index (χ0n) is 17.6. The Labute approximate surface area is 188 Å². The normalized spacial score (nSPS) is 11.3. The minimum Gasteiger partial charge on any atom is -0.497 e. The molecule has 0 spiro atoms. The van der Waals surface area contributed by atoms with Gasteiger partial charge in [0.05, 0.1) is 35.7 Å². The molecule has 0 unspecified atom stereocenters. The minimum atomic E-state index is -0.363. The Morgan fingerprint density at radius 3 is 2.67 bits per heavy atom. The molecule has 33 heavy (non-hydrogen) atoms. The number of rotatable bonds is 4. The van der Waals surface area contributed by atoms with Crippen LogP contribution in [0.3, 0.4) is 0 Å². The summed E-state index contributed by atoms with van der Waals surface area (Å²) in [5, 5.41) is 9.57. The lowest BCUT2D eigenvalue weighted by Gasteiger charge is -2.06. The molecule has 160 valence electrons. The standard InChI is InChI=1S/C26H18FN5O/c1-33-18-9-16(8-17(27)11-18)21-13-28-14-25-19(21)12-24(30-25)26-20-10-15(5-6-23(20)31-32-26)22-4-2-3-7-29-22/h2-14,30H,1H3,(H,31,32). The zero-order chi connectivity index (χ0) is 22.4. The third-order valence-electron chi connectivity index (χ3n) is 5.74. The largest absolute Gasteiger partial charge is 0.497 e. The van der Waals surface area contributed by atoms with Crippen LogP contribution < -0.4 is 4.74 Å². The molecule has 2 N–H and O–H groups in total. The van der Waals surface area contributed by atoms with E-state index in [1.807, 2.05) is 36.4 Å². The number of pyridine rings is 2. The number of nitrogens with one attached hydrogen (secondary N) is 2. The second kappa shape index (κ2) is 7.56. The van der Waals surface area contributed by atoms with Gasteiger partial charge in [-0.1, -0.05) is 12.1 Å². The van der Waals surface area contributed by atoms with E-state index in [4.69, 9.17) is 4.74 Å². The van der Waals surface area contributed by atoms with Gasteiger partial charge in [0.15, 0.2) is 0 Å². The van der Waals surface area contributed by atoms with Crippen molar-refractivity contribution < 1.29 is 9.13 Å². The van der Waals surface area contributed by atoms with Crippen LogP contribution in [0.1, 0.15) is 0 Å². The average molecular weight is 435 g/mol. The average Bonchev–Trinajstić information content (AvgIpc) is 3.47. The molecule has 7 heteroatoms. The van der Waals surface area contributed by atoms with E-state index in [9.17, 15) is 4.39 Å². The molecule has 6 rings (SSSR count). The van der Waals surface area contributed by atoms with Gasteiger partial charge in [-0.05, 0) is 48.0 Å². The van der Waals surface area contributed by atoms with E-state index in [2.05, 4.69) is 31.2 Å². The van der Waals surface area contributed by atoms with Crippen LogP contribution >= 0.6 is 0 Å². The van der Waals surface area contributed by atoms with Gasteiger partial charge >= 0.3 is 0 Å². The first-order chi connectivity index (χ1) is 16.2. The first-order valence-corrected chi connectivity index (χ1v) is 10.4.